The first-order chi connectivity index (χ1) is 17.0. The Bertz CT molecular complexity index is 1200. The molecule has 2 aliphatic rings. The number of piperidine rings is 1. The Kier molecular flexibility index (Phi) is 6.06. The van der Waals surface area contributed by atoms with Gasteiger partial charge in [-0.1, -0.05) is 30.3 Å². The van der Waals surface area contributed by atoms with Gasteiger partial charge in [0, 0.05) is 6.04 Å². The number of nitrogens with one attached hydrogen (secondary N) is 1. The molecule has 2 saturated heterocycles. The lowest BCUT2D eigenvalue weighted by molar-refractivity contribution is -0.143. The van der Waals surface area contributed by atoms with Gasteiger partial charge in [0.1, 0.15) is 5.82 Å². The summed E-state index contributed by atoms with van der Waals surface area (Å²) in [5, 5.41) is 15.5. The van der Waals surface area contributed by atoms with Crippen LogP contribution in [-0.4, -0.2) is 32.4 Å². The number of fused-ring (bicyclic) bond motifs is 2. The lowest BCUT2D eigenvalue weighted by atomic mass is 9.80. The standard InChI is InChI=1S/C24H23F6N5O/c1-14-32-33-34-35(14)20-12-22(16-5-3-2-4-6-16)21(8-7-19(20)31-22)36-13-15-9-17(23(25,26)27)11-18(10-15)24(28,29)30/h2-6,9-11,19-21,31H,7-8,12-13H2,1H3. The summed E-state index contributed by atoms with van der Waals surface area (Å²) >= 11 is 0. The second-order valence-corrected chi connectivity index (χ2v) is 9.32. The number of aromatic nitrogens is 4. The number of hydrogen-bond acceptors (Lipinski definition) is 5. The van der Waals surface area contributed by atoms with Gasteiger partial charge in [-0.15, -0.1) is 5.10 Å². The van der Waals surface area contributed by atoms with Crippen LogP contribution in [0.15, 0.2) is 48.5 Å². The van der Waals surface area contributed by atoms with Crippen molar-refractivity contribution in [2.75, 3.05) is 0 Å². The monoisotopic (exact) mass is 511 g/mol. The fraction of sp³-hybridized carbons (Fsp3) is 0.458. The van der Waals surface area contributed by atoms with Crippen LogP contribution in [0.3, 0.4) is 0 Å². The van der Waals surface area contributed by atoms with Gasteiger partial charge in [0.05, 0.1) is 35.4 Å². The summed E-state index contributed by atoms with van der Waals surface area (Å²) in [5.41, 5.74) is -2.68. The Labute approximate surface area is 202 Å². The number of tetrazole rings is 1. The van der Waals surface area contributed by atoms with E-state index < -0.39 is 41.7 Å². The number of ether oxygens (including phenoxy) is 1. The Balaban J connectivity index is 1.46. The zero-order valence-electron chi connectivity index (χ0n) is 19.1. The summed E-state index contributed by atoms with van der Waals surface area (Å²) in [4.78, 5) is 0. The second kappa shape index (κ2) is 8.84. The van der Waals surface area contributed by atoms with Crippen LogP contribution in [0.5, 0.6) is 0 Å². The first-order valence-corrected chi connectivity index (χ1v) is 11.4. The van der Waals surface area contributed by atoms with Crippen molar-refractivity contribution in [2.45, 2.75) is 68.9 Å². The number of halogens is 6. The van der Waals surface area contributed by atoms with Crippen LogP contribution in [0.25, 0.3) is 0 Å². The van der Waals surface area contributed by atoms with Crippen LogP contribution in [0.4, 0.5) is 26.3 Å². The van der Waals surface area contributed by atoms with Crippen molar-refractivity contribution in [3.8, 4) is 0 Å². The minimum Gasteiger partial charge on any atom is -0.371 e. The van der Waals surface area contributed by atoms with Gasteiger partial charge < -0.3 is 10.1 Å². The molecule has 3 aromatic rings. The molecule has 192 valence electrons. The Morgan fingerprint density at radius 3 is 2.25 bits per heavy atom. The molecule has 36 heavy (non-hydrogen) atoms. The normalized spacial score (nSPS) is 26.4. The van der Waals surface area contributed by atoms with Crippen LogP contribution >= 0.6 is 0 Å². The predicted molar refractivity (Wildman–Crippen MR) is 116 cm³/mol. The molecular formula is C24H23F6N5O. The fourth-order valence-corrected chi connectivity index (χ4v) is 5.47. The predicted octanol–water partition coefficient (Wildman–Crippen LogP) is 5.20. The molecule has 0 amide bonds. The molecule has 2 fully saturated rings. The van der Waals surface area contributed by atoms with E-state index >= 15 is 0 Å². The topological polar surface area (TPSA) is 64.9 Å². The van der Waals surface area contributed by atoms with Gasteiger partial charge in [-0.2, -0.15) is 26.3 Å². The molecule has 4 unspecified atom stereocenters. The van der Waals surface area contributed by atoms with Gasteiger partial charge >= 0.3 is 12.4 Å². The highest BCUT2D eigenvalue weighted by atomic mass is 19.4. The Morgan fingerprint density at radius 1 is 1.00 bits per heavy atom. The van der Waals surface area contributed by atoms with Crippen molar-refractivity contribution in [3.05, 3.63) is 76.6 Å². The quantitative estimate of drug-likeness (QED) is 0.478. The number of benzene rings is 2. The van der Waals surface area contributed by atoms with Gasteiger partial charge in [-0.3, -0.25) is 0 Å². The van der Waals surface area contributed by atoms with Gasteiger partial charge in [0.2, 0.25) is 0 Å². The Hall–Kier alpha value is -2.99. The third-order valence-electron chi connectivity index (χ3n) is 7.09. The number of hydrogen-bond donors (Lipinski definition) is 1. The van der Waals surface area contributed by atoms with E-state index in [4.69, 9.17) is 4.74 Å². The zero-order chi connectivity index (χ0) is 25.7. The van der Waals surface area contributed by atoms with Crippen LogP contribution < -0.4 is 5.32 Å². The highest BCUT2D eigenvalue weighted by Crippen LogP contribution is 2.49. The molecule has 0 spiro atoms. The van der Waals surface area contributed by atoms with Crippen LogP contribution in [0.2, 0.25) is 0 Å². The zero-order valence-corrected chi connectivity index (χ0v) is 19.1. The number of aryl methyl sites for hydroxylation is 1. The van der Waals surface area contributed by atoms with Crippen molar-refractivity contribution in [3.63, 3.8) is 0 Å². The van der Waals surface area contributed by atoms with E-state index in [-0.39, 0.29) is 23.7 Å². The molecule has 0 saturated carbocycles. The maximum absolute atomic E-state index is 13.3. The van der Waals surface area contributed by atoms with Gasteiger partial charge in [0.15, 0.2) is 0 Å². The van der Waals surface area contributed by atoms with E-state index in [2.05, 4.69) is 20.8 Å². The van der Waals surface area contributed by atoms with E-state index in [1.165, 1.54) is 0 Å². The third-order valence-corrected chi connectivity index (χ3v) is 7.09. The molecule has 6 nitrogen and oxygen atoms in total. The first kappa shape index (κ1) is 24.7. The number of rotatable bonds is 5. The summed E-state index contributed by atoms with van der Waals surface area (Å²) in [6, 6.07) is 11.0. The highest BCUT2D eigenvalue weighted by Gasteiger charge is 2.55. The highest BCUT2D eigenvalue weighted by molar-refractivity contribution is 5.34. The molecule has 12 heteroatoms. The van der Waals surface area contributed by atoms with Crippen LogP contribution in [-0.2, 0) is 29.2 Å². The minimum absolute atomic E-state index is 0.0256. The SMILES string of the molecule is Cc1nnnn1C1CC2(c3ccccc3)NC1CCC2OCc1cc(C(F)(F)F)cc(C(F)(F)F)c1. The van der Waals surface area contributed by atoms with E-state index in [0.29, 0.717) is 37.2 Å². The summed E-state index contributed by atoms with van der Waals surface area (Å²) in [5.74, 6) is 0.652. The molecule has 0 radical (unpaired) electrons. The third kappa shape index (κ3) is 4.47. The lowest BCUT2D eigenvalue weighted by Crippen LogP contribution is -2.54. The molecular weight excluding hydrogens is 488 g/mol. The van der Waals surface area contributed by atoms with Gasteiger partial charge in [-0.25, -0.2) is 4.68 Å². The molecule has 5 rings (SSSR count). The maximum atomic E-state index is 13.3. The lowest BCUT2D eigenvalue weighted by Gasteiger charge is -2.42. The fourth-order valence-electron chi connectivity index (χ4n) is 5.47. The molecule has 4 atom stereocenters. The summed E-state index contributed by atoms with van der Waals surface area (Å²) in [7, 11) is 0. The molecule has 3 heterocycles. The molecule has 2 aliphatic heterocycles. The average Bonchev–Trinajstić information content (AvgIpc) is 3.39. The number of nitrogens with zero attached hydrogens (tertiary/aromatic N) is 4. The van der Waals surface area contributed by atoms with E-state index in [9.17, 15) is 26.3 Å². The largest absolute Gasteiger partial charge is 0.416 e. The molecule has 2 bridgehead atoms. The average molecular weight is 511 g/mol. The van der Waals surface area contributed by atoms with E-state index in [0.717, 1.165) is 5.56 Å². The van der Waals surface area contributed by atoms with E-state index in [1.807, 2.05) is 30.3 Å². The van der Waals surface area contributed by atoms with Gasteiger partial charge in [-0.05, 0) is 65.9 Å². The minimum atomic E-state index is -4.91. The number of alkyl halides is 6. The summed E-state index contributed by atoms with van der Waals surface area (Å²) < 4.78 is 87.7. The van der Waals surface area contributed by atoms with E-state index in [1.54, 1.807) is 11.6 Å². The smallest absolute Gasteiger partial charge is 0.371 e. The van der Waals surface area contributed by atoms with Crippen molar-refractivity contribution < 1.29 is 31.1 Å². The van der Waals surface area contributed by atoms with Crippen LogP contribution in [0.1, 0.15) is 53.4 Å². The van der Waals surface area contributed by atoms with Crippen LogP contribution in [0, 0.1) is 6.92 Å². The maximum Gasteiger partial charge on any atom is 0.416 e. The molecule has 0 aliphatic carbocycles. The van der Waals surface area contributed by atoms with Crippen molar-refractivity contribution in [2.24, 2.45) is 0 Å². The molecule has 1 N–H and O–H groups in total. The Morgan fingerprint density at radius 2 is 1.67 bits per heavy atom. The van der Waals surface area contributed by atoms with Crippen molar-refractivity contribution >= 4 is 0 Å². The first-order valence-electron chi connectivity index (χ1n) is 11.4. The van der Waals surface area contributed by atoms with Crippen molar-refractivity contribution in [1.29, 1.82) is 0 Å². The summed E-state index contributed by atoms with van der Waals surface area (Å²) in [6.07, 6.45) is -8.53. The molecule has 2 aromatic carbocycles. The van der Waals surface area contributed by atoms with Crippen molar-refractivity contribution in [1.82, 2.24) is 25.5 Å². The van der Waals surface area contributed by atoms with Gasteiger partial charge in [0.25, 0.3) is 0 Å². The second-order valence-electron chi connectivity index (χ2n) is 9.32. The molecule has 1 aromatic heterocycles. The summed E-state index contributed by atoms with van der Waals surface area (Å²) in [6.45, 7) is 1.41.